The van der Waals surface area contributed by atoms with E-state index in [2.05, 4.69) is 11.9 Å². The molecule has 7 heteroatoms. The molecular weight excluding hydrogens is 554 g/mol. The zero-order valence-corrected chi connectivity index (χ0v) is 26.3. The van der Waals surface area contributed by atoms with Gasteiger partial charge in [-0.25, -0.2) is 9.59 Å². The zero-order valence-electron chi connectivity index (χ0n) is 26.3. The minimum absolute atomic E-state index is 0.221. The van der Waals surface area contributed by atoms with Crippen LogP contribution in [0.3, 0.4) is 0 Å². The summed E-state index contributed by atoms with van der Waals surface area (Å²) in [5.74, 6) is 0.382. The van der Waals surface area contributed by atoms with E-state index in [1.165, 1.54) is 57.8 Å². The van der Waals surface area contributed by atoms with E-state index in [4.69, 9.17) is 18.9 Å². The third-order valence-electron chi connectivity index (χ3n) is 7.08. The SMILES string of the molecule is CCCCCCCCCCCCOc1ccc(C(=O)Oc2ccc(C=Nc3ccc(C(=O)OCCOCC)cc3)cc2)cc1. The predicted octanol–water partition coefficient (Wildman–Crippen LogP) is 9.15. The van der Waals surface area contributed by atoms with E-state index in [1.807, 2.05) is 31.2 Å². The van der Waals surface area contributed by atoms with Crippen LogP contribution in [0.4, 0.5) is 5.69 Å². The molecule has 44 heavy (non-hydrogen) atoms. The number of rotatable bonds is 21. The summed E-state index contributed by atoms with van der Waals surface area (Å²) in [5.41, 5.74) is 2.46. The number of unbranched alkanes of at least 4 members (excludes halogenated alkanes) is 9. The van der Waals surface area contributed by atoms with Crippen molar-refractivity contribution in [1.82, 2.24) is 0 Å². The second-order valence-corrected chi connectivity index (χ2v) is 10.7. The molecule has 0 heterocycles. The van der Waals surface area contributed by atoms with E-state index in [1.54, 1.807) is 54.7 Å². The largest absolute Gasteiger partial charge is 0.494 e. The standard InChI is InChI=1S/C37H47NO6/c1-3-5-6-7-8-9-10-11-12-13-26-42-34-24-18-32(19-25-34)37(40)44-35-22-14-30(15-23-35)29-38-33-20-16-31(17-21-33)36(39)43-28-27-41-4-2/h14-25,29H,3-13,26-28H2,1-2H3. The van der Waals surface area contributed by atoms with Crippen molar-refractivity contribution in [2.24, 2.45) is 4.99 Å². The highest BCUT2D eigenvalue weighted by atomic mass is 16.6. The predicted molar refractivity (Wildman–Crippen MR) is 176 cm³/mol. The van der Waals surface area contributed by atoms with Gasteiger partial charge in [-0.2, -0.15) is 0 Å². The Kier molecular flexibility index (Phi) is 16.4. The number of esters is 2. The normalized spacial score (nSPS) is 11.0. The van der Waals surface area contributed by atoms with Crippen molar-refractivity contribution in [2.45, 2.75) is 78.1 Å². The molecular formula is C37H47NO6. The average Bonchev–Trinajstić information content (AvgIpc) is 3.05. The molecule has 0 saturated heterocycles. The maximum Gasteiger partial charge on any atom is 0.343 e. The minimum Gasteiger partial charge on any atom is -0.494 e. The highest BCUT2D eigenvalue weighted by molar-refractivity contribution is 5.91. The fraction of sp³-hybridized carbons (Fsp3) is 0.432. The van der Waals surface area contributed by atoms with Crippen molar-refractivity contribution in [3.8, 4) is 11.5 Å². The van der Waals surface area contributed by atoms with Crippen LogP contribution in [0.15, 0.2) is 77.8 Å². The third-order valence-corrected chi connectivity index (χ3v) is 7.08. The van der Waals surface area contributed by atoms with Gasteiger partial charge in [0.1, 0.15) is 18.1 Å². The summed E-state index contributed by atoms with van der Waals surface area (Å²) in [4.78, 5) is 29.1. The summed E-state index contributed by atoms with van der Waals surface area (Å²) < 4.78 is 21.7. The maximum atomic E-state index is 12.6. The molecule has 0 aromatic heterocycles. The lowest BCUT2D eigenvalue weighted by molar-refractivity contribution is 0.0335. The number of carbonyl (C=O) groups is 2. The number of carbonyl (C=O) groups excluding carboxylic acids is 2. The van der Waals surface area contributed by atoms with E-state index < -0.39 is 11.9 Å². The average molecular weight is 602 g/mol. The first-order valence-corrected chi connectivity index (χ1v) is 16.0. The molecule has 0 spiro atoms. The Labute approximate surface area is 262 Å². The van der Waals surface area contributed by atoms with Gasteiger partial charge in [-0.1, -0.05) is 64.7 Å². The van der Waals surface area contributed by atoms with E-state index in [0.717, 1.165) is 17.7 Å². The fourth-order valence-corrected chi connectivity index (χ4v) is 4.51. The van der Waals surface area contributed by atoms with Crippen LogP contribution in [-0.2, 0) is 9.47 Å². The third kappa shape index (κ3) is 13.6. The number of aliphatic imine (C=N–C) groups is 1. The number of hydrogen-bond donors (Lipinski definition) is 0. The molecule has 7 nitrogen and oxygen atoms in total. The first-order chi connectivity index (χ1) is 21.6. The van der Waals surface area contributed by atoms with Crippen LogP contribution in [0.5, 0.6) is 11.5 Å². The van der Waals surface area contributed by atoms with E-state index >= 15 is 0 Å². The minimum atomic E-state index is -0.427. The highest BCUT2D eigenvalue weighted by Crippen LogP contribution is 2.19. The molecule has 0 N–H and O–H groups in total. The molecule has 0 bridgehead atoms. The molecule has 3 aromatic rings. The first kappa shape index (κ1) is 34.5. The molecule has 0 radical (unpaired) electrons. The van der Waals surface area contributed by atoms with Gasteiger partial charge in [0.25, 0.3) is 0 Å². The van der Waals surface area contributed by atoms with Crippen LogP contribution < -0.4 is 9.47 Å². The Morgan fingerprint density at radius 2 is 1.18 bits per heavy atom. The van der Waals surface area contributed by atoms with E-state index in [9.17, 15) is 9.59 Å². The molecule has 0 unspecified atom stereocenters. The zero-order chi connectivity index (χ0) is 31.2. The summed E-state index contributed by atoms with van der Waals surface area (Å²) in [7, 11) is 0. The summed E-state index contributed by atoms with van der Waals surface area (Å²) in [6.45, 7) is 6.02. The van der Waals surface area contributed by atoms with Crippen LogP contribution in [0.2, 0.25) is 0 Å². The van der Waals surface area contributed by atoms with Gasteiger partial charge in [0, 0.05) is 12.8 Å². The van der Waals surface area contributed by atoms with Gasteiger partial charge in [-0.15, -0.1) is 0 Å². The van der Waals surface area contributed by atoms with Crippen LogP contribution in [0.1, 0.15) is 104 Å². The summed E-state index contributed by atoms with van der Waals surface area (Å²) in [5, 5.41) is 0. The van der Waals surface area contributed by atoms with Gasteiger partial charge in [-0.05, 0) is 91.7 Å². The maximum absolute atomic E-state index is 12.6. The van der Waals surface area contributed by atoms with Crippen molar-refractivity contribution in [2.75, 3.05) is 26.4 Å². The molecule has 0 fully saturated rings. The molecule has 3 aromatic carbocycles. The van der Waals surface area contributed by atoms with Crippen LogP contribution in [-0.4, -0.2) is 44.6 Å². The van der Waals surface area contributed by atoms with Crippen molar-refractivity contribution < 1.29 is 28.5 Å². The fourth-order valence-electron chi connectivity index (χ4n) is 4.51. The quantitative estimate of drug-likeness (QED) is 0.0524. The van der Waals surface area contributed by atoms with Crippen molar-refractivity contribution >= 4 is 23.8 Å². The van der Waals surface area contributed by atoms with Gasteiger partial charge in [0.15, 0.2) is 0 Å². The van der Waals surface area contributed by atoms with Gasteiger partial charge < -0.3 is 18.9 Å². The van der Waals surface area contributed by atoms with E-state index in [-0.39, 0.29) is 6.61 Å². The Bertz CT molecular complexity index is 1250. The van der Waals surface area contributed by atoms with E-state index in [0.29, 0.717) is 42.4 Å². The van der Waals surface area contributed by atoms with Crippen molar-refractivity contribution in [3.05, 3.63) is 89.5 Å². The molecule has 3 rings (SSSR count). The lowest BCUT2D eigenvalue weighted by atomic mass is 10.1. The first-order valence-electron chi connectivity index (χ1n) is 16.0. The molecule has 0 amide bonds. The molecule has 0 aliphatic heterocycles. The number of ether oxygens (including phenoxy) is 4. The molecule has 0 aliphatic rings. The number of nitrogens with zero attached hydrogens (tertiary/aromatic N) is 1. The molecule has 0 saturated carbocycles. The van der Waals surface area contributed by atoms with Crippen LogP contribution in [0, 0.1) is 0 Å². The van der Waals surface area contributed by atoms with Gasteiger partial charge in [0.05, 0.1) is 30.0 Å². The van der Waals surface area contributed by atoms with Crippen LogP contribution >= 0.6 is 0 Å². The Balaban J connectivity index is 1.34. The topological polar surface area (TPSA) is 83.4 Å². The Morgan fingerprint density at radius 1 is 0.614 bits per heavy atom. The lowest BCUT2D eigenvalue weighted by Crippen LogP contribution is -2.10. The molecule has 236 valence electrons. The monoisotopic (exact) mass is 601 g/mol. The molecule has 0 atom stereocenters. The smallest absolute Gasteiger partial charge is 0.343 e. The summed E-state index contributed by atoms with van der Waals surface area (Å²) in [6, 6.07) is 21.0. The Morgan fingerprint density at radius 3 is 1.82 bits per heavy atom. The summed E-state index contributed by atoms with van der Waals surface area (Å²) >= 11 is 0. The number of benzene rings is 3. The second kappa shape index (κ2) is 20.9. The lowest BCUT2D eigenvalue weighted by Gasteiger charge is -2.08. The van der Waals surface area contributed by atoms with Crippen molar-refractivity contribution in [1.29, 1.82) is 0 Å². The summed E-state index contributed by atoms with van der Waals surface area (Å²) in [6.07, 6.45) is 14.6. The van der Waals surface area contributed by atoms with Gasteiger partial charge in [0.2, 0.25) is 0 Å². The highest BCUT2D eigenvalue weighted by Gasteiger charge is 2.09. The van der Waals surface area contributed by atoms with Crippen LogP contribution in [0.25, 0.3) is 0 Å². The van der Waals surface area contributed by atoms with Crippen molar-refractivity contribution in [3.63, 3.8) is 0 Å². The van der Waals surface area contributed by atoms with Gasteiger partial charge in [-0.3, -0.25) is 4.99 Å². The number of hydrogen-bond acceptors (Lipinski definition) is 7. The second-order valence-electron chi connectivity index (χ2n) is 10.7. The molecule has 0 aliphatic carbocycles. The van der Waals surface area contributed by atoms with Gasteiger partial charge >= 0.3 is 11.9 Å². The Hall–Kier alpha value is -3.97.